The second kappa shape index (κ2) is 6.62. The van der Waals surface area contributed by atoms with Crippen LogP contribution in [0.25, 0.3) is 0 Å². The second-order valence-corrected chi connectivity index (χ2v) is 7.58. The van der Waals surface area contributed by atoms with E-state index in [1.54, 1.807) is 0 Å². The van der Waals surface area contributed by atoms with E-state index in [9.17, 15) is 4.79 Å². The van der Waals surface area contributed by atoms with E-state index < -0.39 is 0 Å². The van der Waals surface area contributed by atoms with Crippen LogP contribution >= 0.6 is 27.3 Å². The molecule has 1 aromatic heterocycles. The Labute approximate surface area is 137 Å². The smallest absolute Gasteiger partial charge is 0.252 e. The molecule has 2 aromatic rings. The molecule has 1 atom stereocenters. The SMILES string of the molecule is O=C(NCC1CCN(c2ccccc2)C1)c1csc(Br)c1. The van der Waals surface area contributed by atoms with Gasteiger partial charge in [0.25, 0.3) is 5.91 Å². The van der Waals surface area contributed by atoms with Gasteiger partial charge in [0.15, 0.2) is 0 Å². The molecule has 0 bridgehead atoms. The van der Waals surface area contributed by atoms with Crippen molar-refractivity contribution in [1.82, 2.24) is 5.32 Å². The number of nitrogens with zero attached hydrogens (tertiary/aromatic N) is 1. The van der Waals surface area contributed by atoms with E-state index in [0.29, 0.717) is 5.92 Å². The van der Waals surface area contributed by atoms with Crippen molar-refractivity contribution in [2.75, 3.05) is 24.5 Å². The maximum Gasteiger partial charge on any atom is 0.252 e. The van der Waals surface area contributed by atoms with Crippen LogP contribution in [0.3, 0.4) is 0 Å². The van der Waals surface area contributed by atoms with Crippen molar-refractivity contribution in [3.05, 3.63) is 51.1 Å². The van der Waals surface area contributed by atoms with Gasteiger partial charge < -0.3 is 10.2 Å². The Hall–Kier alpha value is -1.33. The molecule has 1 N–H and O–H groups in total. The molecule has 0 aliphatic carbocycles. The molecule has 3 nitrogen and oxygen atoms in total. The van der Waals surface area contributed by atoms with E-state index in [2.05, 4.69) is 50.4 Å². The van der Waals surface area contributed by atoms with Crippen LogP contribution in [0.15, 0.2) is 45.6 Å². The lowest BCUT2D eigenvalue weighted by molar-refractivity contribution is 0.0948. The zero-order chi connectivity index (χ0) is 14.7. The summed E-state index contributed by atoms with van der Waals surface area (Å²) in [6.45, 7) is 2.82. The van der Waals surface area contributed by atoms with Gasteiger partial charge in [-0.15, -0.1) is 11.3 Å². The van der Waals surface area contributed by atoms with Gasteiger partial charge in [-0.1, -0.05) is 18.2 Å². The molecule has 0 saturated carbocycles. The third-order valence-corrected chi connectivity index (χ3v) is 5.29. The monoisotopic (exact) mass is 364 g/mol. The minimum Gasteiger partial charge on any atom is -0.371 e. The maximum atomic E-state index is 12.0. The molecule has 1 saturated heterocycles. The Morgan fingerprint density at radius 3 is 2.90 bits per heavy atom. The lowest BCUT2D eigenvalue weighted by Crippen LogP contribution is -2.30. The van der Waals surface area contributed by atoms with Gasteiger partial charge in [-0.2, -0.15) is 0 Å². The van der Waals surface area contributed by atoms with E-state index in [0.717, 1.165) is 35.4 Å². The van der Waals surface area contributed by atoms with Crippen molar-refractivity contribution >= 4 is 38.9 Å². The first kappa shape index (κ1) is 14.6. The minimum atomic E-state index is 0.0233. The third-order valence-electron chi connectivity index (χ3n) is 3.79. The van der Waals surface area contributed by atoms with Crippen LogP contribution in [-0.4, -0.2) is 25.5 Å². The average Bonchev–Trinajstić information content (AvgIpc) is 3.15. The molecule has 0 spiro atoms. The number of benzene rings is 1. The van der Waals surface area contributed by atoms with E-state index in [-0.39, 0.29) is 5.91 Å². The highest BCUT2D eigenvalue weighted by molar-refractivity contribution is 9.11. The van der Waals surface area contributed by atoms with Crippen molar-refractivity contribution < 1.29 is 4.79 Å². The lowest BCUT2D eigenvalue weighted by Gasteiger charge is -2.18. The van der Waals surface area contributed by atoms with Crippen LogP contribution < -0.4 is 10.2 Å². The van der Waals surface area contributed by atoms with Crippen LogP contribution in [0.2, 0.25) is 0 Å². The topological polar surface area (TPSA) is 32.3 Å². The predicted octanol–water partition coefficient (Wildman–Crippen LogP) is 3.77. The van der Waals surface area contributed by atoms with E-state index in [1.165, 1.54) is 17.0 Å². The number of anilines is 1. The third kappa shape index (κ3) is 3.66. The van der Waals surface area contributed by atoms with Crippen molar-refractivity contribution in [3.63, 3.8) is 0 Å². The molecule has 5 heteroatoms. The van der Waals surface area contributed by atoms with Gasteiger partial charge >= 0.3 is 0 Å². The second-order valence-electron chi connectivity index (χ2n) is 5.29. The number of hydrogen-bond donors (Lipinski definition) is 1. The minimum absolute atomic E-state index is 0.0233. The van der Waals surface area contributed by atoms with Crippen LogP contribution in [0, 0.1) is 5.92 Å². The van der Waals surface area contributed by atoms with Gasteiger partial charge in [0, 0.05) is 30.7 Å². The number of hydrogen-bond acceptors (Lipinski definition) is 3. The summed E-state index contributed by atoms with van der Waals surface area (Å²) in [6.07, 6.45) is 1.13. The van der Waals surface area contributed by atoms with E-state index >= 15 is 0 Å². The van der Waals surface area contributed by atoms with Gasteiger partial charge in [0.05, 0.1) is 9.35 Å². The summed E-state index contributed by atoms with van der Waals surface area (Å²) in [5.74, 6) is 0.548. The molecule has 3 rings (SSSR count). The van der Waals surface area contributed by atoms with E-state index in [1.807, 2.05) is 17.5 Å². The number of thiophene rings is 1. The normalized spacial score (nSPS) is 18.0. The summed E-state index contributed by atoms with van der Waals surface area (Å²) in [4.78, 5) is 14.4. The summed E-state index contributed by atoms with van der Waals surface area (Å²) in [7, 11) is 0. The number of carbonyl (C=O) groups is 1. The number of carbonyl (C=O) groups excluding carboxylic acids is 1. The van der Waals surface area contributed by atoms with Crippen molar-refractivity contribution in [2.24, 2.45) is 5.92 Å². The quantitative estimate of drug-likeness (QED) is 0.895. The average molecular weight is 365 g/mol. The van der Waals surface area contributed by atoms with Crippen molar-refractivity contribution in [2.45, 2.75) is 6.42 Å². The highest BCUT2D eigenvalue weighted by Gasteiger charge is 2.23. The van der Waals surface area contributed by atoms with Gasteiger partial charge in [-0.25, -0.2) is 0 Å². The van der Waals surface area contributed by atoms with Crippen LogP contribution in [0.1, 0.15) is 16.8 Å². The molecule has 0 radical (unpaired) electrons. The molecular formula is C16H17BrN2OS. The Morgan fingerprint density at radius 1 is 1.38 bits per heavy atom. The first-order valence-electron chi connectivity index (χ1n) is 7.04. The number of nitrogens with one attached hydrogen (secondary N) is 1. The lowest BCUT2D eigenvalue weighted by atomic mass is 10.1. The van der Waals surface area contributed by atoms with Crippen molar-refractivity contribution in [1.29, 1.82) is 0 Å². The zero-order valence-corrected chi connectivity index (χ0v) is 14.0. The predicted molar refractivity (Wildman–Crippen MR) is 91.1 cm³/mol. The highest BCUT2D eigenvalue weighted by atomic mass is 79.9. The van der Waals surface area contributed by atoms with Gasteiger partial charge in [0.2, 0.25) is 0 Å². The van der Waals surface area contributed by atoms with E-state index in [4.69, 9.17) is 0 Å². The largest absolute Gasteiger partial charge is 0.371 e. The Morgan fingerprint density at radius 2 is 2.19 bits per heavy atom. The zero-order valence-electron chi connectivity index (χ0n) is 11.6. The van der Waals surface area contributed by atoms with Gasteiger partial charge in [0.1, 0.15) is 0 Å². The molecule has 2 heterocycles. The number of rotatable bonds is 4. The van der Waals surface area contributed by atoms with Gasteiger partial charge in [-0.05, 0) is 46.5 Å². The molecule has 1 unspecified atom stereocenters. The molecule has 1 aliphatic rings. The molecule has 110 valence electrons. The van der Waals surface area contributed by atoms with Crippen molar-refractivity contribution in [3.8, 4) is 0 Å². The molecule has 1 amide bonds. The van der Waals surface area contributed by atoms with Crippen LogP contribution in [0.5, 0.6) is 0 Å². The first-order valence-corrected chi connectivity index (χ1v) is 8.72. The number of amides is 1. The maximum absolute atomic E-state index is 12.0. The Balaban J connectivity index is 1.50. The first-order chi connectivity index (χ1) is 10.2. The Kier molecular flexibility index (Phi) is 4.60. The summed E-state index contributed by atoms with van der Waals surface area (Å²) in [5.41, 5.74) is 2.01. The standard InChI is InChI=1S/C16H17BrN2OS/c17-15-8-13(11-21-15)16(20)18-9-12-6-7-19(10-12)14-4-2-1-3-5-14/h1-5,8,11-12H,6-7,9-10H2,(H,18,20). The fourth-order valence-electron chi connectivity index (χ4n) is 2.64. The fraction of sp³-hybridized carbons (Fsp3) is 0.312. The molecule has 1 aromatic carbocycles. The summed E-state index contributed by atoms with van der Waals surface area (Å²) in [6, 6.07) is 12.3. The summed E-state index contributed by atoms with van der Waals surface area (Å²) >= 11 is 4.92. The number of halogens is 1. The number of para-hydroxylation sites is 1. The molecule has 1 fully saturated rings. The summed E-state index contributed by atoms with van der Waals surface area (Å²) < 4.78 is 0.990. The Bertz CT molecular complexity index is 614. The fourth-order valence-corrected chi connectivity index (χ4v) is 3.78. The molecule has 1 aliphatic heterocycles. The van der Waals surface area contributed by atoms with Crippen LogP contribution in [0.4, 0.5) is 5.69 Å². The molecular weight excluding hydrogens is 348 g/mol. The van der Waals surface area contributed by atoms with Gasteiger partial charge in [-0.3, -0.25) is 4.79 Å². The highest BCUT2D eigenvalue weighted by Crippen LogP contribution is 2.23. The molecule has 21 heavy (non-hydrogen) atoms. The summed E-state index contributed by atoms with van der Waals surface area (Å²) in [5, 5.41) is 4.93. The van der Waals surface area contributed by atoms with Crippen LogP contribution in [-0.2, 0) is 0 Å².